The van der Waals surface area contributed by atoms with Gasteiger partial charge in [-0.15, -0.1) is 0 Å². The van der Waals surface area contributed by atoms with Gasteiger partial charge in [-0.25, -0.2) is 18.4 Å². The molecule has 1 atom stereocenters. The Hall–Kier alpha value is -1.01. The maximum atomic E-state index is 12.9. The van der Waals surface area contributed by atoms with Crippen molar-refractivity contribution >= 4 is 10.0 Å². The second-order valence-corrected chi connectivity index (χ2v) is 7.87. The highest BCUT2D eigenvalue weighted by molar-refractivity contribution is 7.89. The summed E-state index contributed by atoms with van der Waals surface area (Å²) < 4.78 is 27.4. The molecule has 20 heavy (non-hydrogen) atoms. The third kappa shape index (κ3) is 2.59. The summed E-state index contributed by atoms with van der Waals surface area (Å²) in [4.78, 5) is 8.17. The Labute approximate surface area is 120 Å². The van der Waals surface area contributed by atoms with Crippen molar-refractivity contribution in [3.8, 4) is 0 Å². The lowest BCUT2D eigenvalue weighted by atomic mass is 10.0. The van der Waals surface area contributed by atoms with Crippen LogP contribution in [0.3, 0.4) is 0 Å². The lowest BCUT2D eigenvalue weighted by Gasteiger charge is -2.30. The van der Waals surface area contributed by atoms with E-state index in [1.165, 1.54) is 12.7 Å². The summed E-state index contributed by atoms with van der Waals surface area (Å²) in [5.41, 5.74) is 0.830. The van der Waals surface area contributed by atoms with Crippen molar-refractivity contribution in [1.29, 1.82) is 0 Å². The van der Waals surface area contributed by atoms with Gasteiger partial charge in [0.2, 0.25) is 10.0 Å². The van der Waals surface area contributed by atoms with E-state index < -0.39 is 10.0 Å². The van der Waals surface area contributed by atoms with Crippen LogP contribution in [0.15, 0.2) is 18.6 Å². The van der Waals surface area contributed by atoms with Crippen molar-refractivity contribution in [2.24, 2.45) is 0 Å². The van der Waals surface area contributed by atoms with Crippen LogP contribution in [0.25, 0.3) is 0 Å². The molecule has 2 heterocycles. The fraction of sp³-hybridized carbons (Fsp3) is 0.714. The van der Waals surface area contributed by atoms with Crippen LogP contribution < -0.4 is 0 Å². The number of rotatable bonds is 3. The van der Waals surface area contributed by atoms with Crippen molar-refractivity contribution < 1.29 is 8.42 Å². The molecular formula is C14H21N3O2S. The van der Waals surface area contributed by atoms with Crippen LogP contribution >= 0.6 is 0 Å². The first-order valence-corrected chi connectivity index (χ1v) is 8.96. The molecule has 0 aromatic carbocycles. The van der Waals surface area contributed by atoms with Crippen LogP contribution in [0, 0.1) is 0 Å². The van der Waals surface area contributed by atoms with Gasteiger partial charge in [-0.2, -0.15) is 4.31 Å². The van der Waals surface area contributed by atoms with E-state index in [2.05, 4.69) is 9.97 Å². The van der Waals surface area contributed by atoms with Crippen molar-refractivity contribution in [3.63, 3.8) is 0 Å². The minimum absolute atomic E-state index is 0.0927. The quantitative estimate of drug-likeness (QED) is 0.858. The van der Waals surface area contributed by atoms with Gasteiger partial charge in [0, 0.05) is 12.7 Å². The smallest absolute Gasteiger partial charge is 0.217 e. The molecule has 1 aliphatic heterocycles. The Morgan fingerprint density at radius 1 is 1.10 bits per heavy atom. The van der Waals surface area contributed by atoms with Gasteiger partial charge in [0.15, 0.2) is 0 Å². The molecule has 0 unspecified atom stereocenters. The van der Waals surface area contributed by atoms with E-state index in [1.807, 2.05) is 6.07 Å². The van der Waals surface area contributed by atoms with Crippen LogP contribution in [0.2, 0.25) is 0 Å². The third-order valence-electron chi connectivity index (χ3n) is 4.45. The van der Waals surface area contributed by atoms with E-state index in [-0.39, 0.29) is 11.3 Å². The van der Waals surface area contributed by atoms with Crippen molar-refractivity contribution in [2.75, 3.05) is 6.54 Å². The molecule has 1 saturated carbocycles. The number of sulfonamides is 1. The van der Waals surface area contributed by atoms with Crippen molar-refractivity contribution in [1.82, 2.24) is 14.3 Å². The maximum Gasteiger partial charge on any atom is 0.217 e. The Morgan fingerprint density at radius 2 is 1.90 bits per heavy atom. The zero-order valence-electron chi connectivity index (χ0n) is 11.6. The highest BCUT2D eigenvalue weighted by Crippen LogP contribution is 2.37. The first-order chi connectivity index (χ1) is 9.69. The summed E-state index contributed by atoms with van der Waals surface area (Å²) in [7, 11) is -3.19. The fourth-order valence-corrected chi connectivity index (χ4v) is 5.66. The maximum absolute atomic E-state index is 12.9. The standard InChI is InChI=1S/C14H21N3O2S/c18-20(19,12-5-2-1-3-6-12)17-10-4-7-14(17)13-8-9-15-11-16-13/h8-9,11-12,14H,1-7,10H2/t14-/m1/s1. The van der Waals surface area contributed by atoms with Gasteiger partial charge in [-0.05, 0) is 31.7 Å². The Morgan fingerprint density at radius 3 is 2.60 bits per heavy atom. The Balaban J connectivity index is 1.84. The summed E-state index contributed by atoms with van der Waals surface area (Å²) in [5.74, 6) is 0. The minimum Gasteiger partial charge on any atom is -0.245 e. The van der Waals surface area contributed by atoms with Gasteiger partial charge in [-0.3, -0.25) is 0 Å². The summed E-state index contributed by atoms with van der Waals surface area (Å²) in [6.45, 7) is 0.632. The van der Waals surface area contributed by atoms with Crippen LogP contribution in [0.1, 0.15) is 56.7 Å². The Kier molecular flexibility index (Phi) is 4.03. The van der Waals surface area contributed by atoms with Gasteiger partial charge < -0.3 is 0 Å². The number of nitrogens with zero attached hydrogens (tertiary/aromatic N) is 3. The molecule has 0 amide bonds. The van der Waals surface area contributed by atoms with Crippen molar-refractivity contribution in [3.05, 3.63) is 24.3 Å². The van der Waals surface area contributed by atoms with E-state index >= 15 is 0 Å². The highest BCUT2D eigenvalue weighted by atomic mass is 32.2. The molecule has 1 aromatic rings. The molecule has 110 valence electrons. The van der Waals surface area contributed by atoms with Crippen LogP contribution in [0.4, 0.5) is 0 Å². The van der Waals surface area contributed by atoms with Crippen LogP contribution in [-0.4, -0.2) is 34.5 Å². The van der Waals surface area contributed by atoms with Gasteiger partial charge in [0.1, 0.15) is 6.33 Å². The topological polar surface area (TPSA) is 63.2 Å². The molecule has 2 aliphatic rings. The highest BCUT2D eigenvalue weighted by Gasteiger charge is 2.40. The molecule has 0 N–H and O–H groups in total. The predicted molar refractivity (Wildman–Crippen MR) is 76.5 cm³/mol. The van der Waals surface area contributed by atoms with Gasteiger partial charge in [0.05, 0.1) is 17.0 Å². The first-order valence-electron chi connectivity index (χ1n) is 7.46. The summed E-state index contributed by atoms with van der Waals surface area (Å²) in [6.07, 6.45) is 9.84. The summed E-state index contributed by atoms with van der Waals surface area (Å²) in [5, 5.41) is -0.182. The molecule has 6 heteroatoms. The summed E-state index contributed by atoms with van der Waals surface area (Å²) >= 11 is 0. The zero-order chi connectivity index (χ0) is 14.0. The molecule has 2 fully saturated rings. The van der Waals surface area contributed by atoms with E-state index in [1.54, 1.807) is 10.5 Å². The molecule has 1 aliphatic carbocycles. The first kappa shape index (κ1) is 13.9. The fourth-order valence-electron chi connectivity index (χ4n) is 3.39. The largest absolute Gasteiger partial charge is 0.245 e. The molecule has 0 spiro atoms. The minimum atomic E-state index is -3.19. The van der Waals surface area contributed by atoms with E-state index in [4.69, 9.17) is 0 Å². The second kappa shape index (κ2) is 5.77. The molecule has 1 aromatic heterocycles. The molecule has 0 bridgehead atoms. The molecular weight excluding hydrogens is 274 g/mol. The normalized spacial score (nSPS) is 25.9. The number of hydrogen-bond donors (Lipinski definition) is 0. The lowest BCUT2D eigenvalue weighted by Crippen LogP contribution is -2.39. The molecule has 3 rings (SSSR count). The predicted octanol–water partition coefficient (Wildman–Crippen LogP) is 2.28. The summed E-state index contributed by atoms with van der Waals surface area (Å²) in [6, 6.07) is 1.74. The third-order valence-corrected chi connectivity index (χ3v) is 6.85. The van der Waals surface area contributed by atoms with Gasteiger partial charge in [0.25, 0.3) is 0 Å². The van der Waals surface area contributed by atoms with Gasteiger partial charge in [-0.1, -0.05) is 19.3 Å². The Bertz CT molecular complexity index is 541. The van der Waals surface area contributed by atoms with E-state index in [9.17, 15) is 8.42 Å². The zero-order valence-corrected chi connectivity index (χ0v) is 12.4. The second-order valence-electron chi connectivity index (χ2n) is 5.71. The monoisotopic (exact) mass is 295 g/mol. The SMILES string of the molecule is O=S(=O)(C1CCCCC1)N1CCC[C@@H]1c1ccncn1. The lowest BCUT2D eigenvalue weighted by molar-refractivity contribution is 0.370. The van der Waals surface area contributed by atoms with Crippen LogP contribution in [-0.2, 0) is 10.0 Å². The molecule has 5 nitrogen and oxygen atoms in total. The average molecular weight is 295 g/mol. The van der Waals surface area contributed by atoms with Crippen LogP contribution in [0.5, 0.6) is 0 Å². The number of hydrogen-bond acceptors (Lipinski definition) is 4. The van der Waals surface area contributed by atoms with Crippen molar-refractivity contribution in [2.45, 2.75) is 56.2 Å². The number of aromatic nitrogens is 2. The van der Waals surface area contributed by atoms with E-state index in [0.29, 0.717) is 6.54 Å². The molecule has 0 radical (unpaired) electrons. The van der Waals surface area contributed by atoms with Gasteiger partial charge >= 0.3 is 0 Å². The average Bonchev–Trinajstić information content (AvgIpc) is 2.99. The molecule has 1 saturated heterocycles. The van der Waals surface area contributed by atoms with E-state index in [0.717, 1.165) is 44.2 Å².